The van der Waals surface area contributed by atoms with Crippen LogP contribution in [0.2, 0.25) is 0 Å². The Morgan fingerprint density at radius 2 is 1.72 bits per heavy atom. The Kier molecular flexibility index (Phi) is 8.18. The maximum atomic E-state index is 12.6. The number of hydrogen-bond donors (Lipinski definition) is 1. The molecule has 3 amide bonds. The summed E-state index contributed by atoms with van der Waals surface area (Å²) in [5, 5.41) is 2.81. The summed E-state index contributed by atoms with van der Waals surface area (Å²) in [6.45, 7) is 6.69. The molecule has 0 aliphatic carbocycles. The molecule has 2 rings (SSSR count). The zero-order valence-corrected chi connectivity index (χ0v) is 15.5. The van der Waals surface area contributed by atoms with Crippen LogP contribution in [0, 0.1) is 0 Å². The number of hydrogen-bond acceptors (Lipinski definition) is 4. The summed E-state index contributed by atoms with van der Waals surface area (Å²) in [5.41, 5.74) is 0. The zero-order valence-electron chi connectivity index (χ0n) is 15.5. The van der Waals surface area contributed by atoms with E-state index in [0.29, 0.717) is 45.7 Å². The van der Waals surface area contributed by atoms with E-state index in [2.05, 4.69) is 10.2 Å². The maximum Gasteiger partial charge on any atom is 0.242 e. The number of amides is 3. The Bertz CT molecular complexity index is 469. The molecule has 0 atom stereocenters. The first kappa shape index (κ1) is 19.7. The molecule has 7 heteroatoms. The van der Waals surface area contributed by atoms with Gasteiger partial charge in [0.2, 0.25) is 17.7 Å². The summed E-state index contributed by atoms with van der Waals surface area (Å²) in [5.74, 6) is 0.183. The van der Waals surface area contributed by atoms with Crippen molar-refractivity contribution >= 4 is 17.7 Å². The summed E-state index contributed by atoms with van der Waals surface area (Å²) < 4.78 is 0. The molecule has 142 valence electrons. The molecule has 2 heterocycles. The molecule has 1 N–H and O–H groups in total. The van der Waals surface area contributed by atoms with Gasteiger partial charge < -0.3 is 15.1 Å². The van der Waals surface area contributed by atoms with E-state index in [1.54, 1.807) is 4.90 Å². The van der Waals surface area contributed by atoms with Crippen LogP contribution in [0.5, 0.6) is 0 Å². The first-order valence-electron chi connectivity index (χ1n) is 9.64. The molecule has 2 fully saturated rings. The van der Waals surface area contributed by atoms with Gasteiger partial charge in [-0.3, -0.25) is 19.3 Å². The lowest BCUT2D eigenvalue weighted by atomic mass is 10.1. The number of nitrogens with one attached hydrogen (secondary N) is 1. The lowest BCUT2D eigenvalue weighted by Gasteiger charge is -2.28. The highest BCUT2D eigenvalue weighted by molar-refractivity contribution is 5.85. The van der Waals surface area contributed by atoms with Crippen LogP contribution in [0.3, 0.4) is 0 Å². The third-order valence-corrected chi connectivity index (χ3v) is 4.93. The number of carbonyl (C=O) groups excluding carboxylic acids is 3. The lowest BCUT2D eigenvalue weighted by Crippen LogP contribution is -2.45. The van der Waals surface area contributed by atoms with E-state index in [1.807, 2.05) is 11.8 Å². The van der Waals surface area contributed by atoms with Crippen molar-refractivity contribution < 1.29 is 14.4 Å². The van der Waals surface area contributed by atoms with E-state index in [1.165, 1.54) is 0 Å². The molecular weight excluding hydrogens is 320 g/mol. The fourth-order valence-electron chi connectivity index (χ4n) is 3.48. The van der Waals surface area contributed by atoms with E-state index in [-0.39, 0.29) is 24.3 Å². The molecule has 25 heavy (non-hydrogen) atoms. The topological polar surface area (TPSA) is 73.0 Å². The highest BCUT2D eigenvalue weighted by atomic mass is 16.2. The number of rotatable bonds is 5. The summed E-state index contributed by atoms with van der Waals surface area (Å²) in [6.07, 6.45) is 5.59. The van der Waals surface area contributed by atoms with E-state index < -0.39 is 0 Å². The maximum absolute atomic E-state index is 12.6. The highest BCUT2D eigenvalue weighted by Gasteiger charge is 2.24. The Hall–Kier alpha value is -1.63. The van der Waals surface area contributed by atoms with Crippen LogP contribution < -0.4 is 5.32 Å². The van der Waals surface area contributed by atoms with Crippen molar-refractivity contribution in [3.63, 3.8) is 0 Å². The fraction of sp³-hybridized carbons (Fsp3) is 0.833. The fourth-order valence-corrected chi connectivity index (χ4v) is 3.48. The van der Waals surface area contributed by atoms with Gasteiger partial charge in [-0.1, -0.05) is 12.8 Å². The Balaban J connectivity index is 1.81. The van der Waals surface area contributed by atoms with Gasteiger partial charge in [0.25, 0.3) is 0 Å². The first-order valence-corrected chi connectivity index (χ1v) is 9.64. The molecule has 0 spiro atoms. The van der Waals surface area contributed by atoms with Crippen LogP contribution in [0.15, 0.2) is 0 Å². The van der Waals surface area contributed by atoms with Gasteiger partial charge in [0.15, 0.2) is 0 Å². The van der Waals surface area contributed by atoms with E-state index in [4.69, 9.17) is 0 Å². The van der Waals surface area contributed by atoms with E-state index >= 15 is 0 Å². The van der Waals surface area contributed by atoms with Crippen molar-refractivity contribution in [1.82, 2.24) is 20.0 Å². The molecular formula is C18H32N4O3. The summed E-state index contributed by atoms with van der Waals surface area (Å²) in [4.78, 5) is 42.2. The number of likely N-dealkylation sites (tertiary alicyclic amines) is 1. The number of nitrogens with zero attached hydrogens (tertiary/aromatic N) is 3. The van der Waals surface area contributed by atoms with Gasteiger partial charge in [-0.05, 0) is 26.2 Å². The minimum Gasteiger partial charge on any atom is -0.355 e. The van der Waals surface area contributed by atoms with Crippen molar-refractivity contribution in [2.45, 2.75) is 45.4 Å². The average molecular weight is 352 g/mol. The van der Waals surface area contributed by atoms with E-state index in [9.17, 15) is 14.4 Å². The smallest absolute Gasteiger partial charge is 0.242 e. The third kappa shape index (κ3) is 6.65. The Labute approximate surface area is 150 Å². The molecule has 0 radical (unpaired) electrons. The zero-order chi connectivity index (χ0) is 18.1. The molecule has 7 nitrogen and oxygen atoms in total. The molecule has 2 aliphatic heterocycles. The second kappa shape index (κ2) is 10.4. The Morgan fingerprint density at radius 1 is 0.920 bits per heavy atom. The van der Waals surface area contributed by atoms with Crippen molar-refractivity contribution in [3.05, 3.63) is 0 Å². The molecule has 0 aromatic heterocycles. The van der Waals surface area contributed by atoms with Gasteiger partial charge in [0.05, 0.1) is 13.1 Å². The van der Waals surface area contributed by atoms with Crippen LogP contribution in [0.4, 0.5) is 0 Å². The van der Waals surface area contributed by atoms with Crippen molar-refractivity contribution in [2.24, 2.45) is 0 Å². The standard InChI is InChI=1S/C18H32N4O3/c1-2-19-16(23)14-20-9-7-11-21(13-12-20)18(25)15-22-10-6-4-3-5-8-17(22)24/h2-15H2,1H3,(H,19,23). The van der Waals surface area contributed by atoms with Gasteiger partial charge in [-0.2, -0.15) is 0 Å². The second-order valence-corrected chi connectivity index (χ2v) is 6.94. The summed E-state index contributed by atoms with van der Waals surface area (Å²) in [7, 11) is 0. The van der Waals surface area contributed by atoms with Gasteiger partial charge in [-0.25, -0.2) is 0 Å². The number of carbonyl (C=O) groups is 3. The predicted molar refractivity (Wildman–Crippen MR) is 96.0 cm³/mol. The molecule has 2 aliphatic rings. The summed E-state index contributed by atoms with van der Waals surface area (Å²) >= 11 is 0. The molecule has 0 bridgehead atoms. The van der Waals surface area contributed by atoms with Gasteiger partial charge in [0.1, 0.15) is 0 Å². The minimum atomic E-state index is 0.0357. The second-order valence-electron chi connectivity index (χ2n) is 6.94. The molecule has 0 aromatic rings. The van der Waals surface area contributed by atoms with Crippen molar-refractivity contribution in [3.8, 4) is 0 Å². The monoisotopic (exact) mass is 352 g/mol. The Morgan fingerprint density at radius 3 is 2.52 bits per heavy atom. The van der Waals surface area contributed by atoms with Crippen LogP contribution >= 0.6 is 0 Å². The van der Waals surface area contributed by atoms with Crippen LogP contribution in [0.1, 0.15) is 45.4 Å². The van der Waals surface area contributed by atoms with Crippen molar-refractivity contribution in [1.29, 1.82) is 0 Å². The first-order chi connectivity index (χ1) is 12.1. The normalized spacial score (nSPS) is 20.6. The summed E-state index contributed by atoms with van der Waals surface area (Å²) in [6, 6.07) is 0. The van der Waals surface area contributed by atoms with Gasteiger partial charge in [0, 0.05) is 45.7 Å². The molecule has 0 unspecified atom stereocenters. The molecule has 0 aromatic carbocycles. The molecule has 0 saturated carbocycles. The largest absolute Gasteiger partial charge is 0.355 e. The lowest BCUT2D eigenvalue weighted by molar-refractivity contribution is -0.140. The average Bonchev–Trinajstić information content (AvgIpc) is 2.80. The predicted octanol–water partition coefficient (Wildman–Crippen LogP) is 0.450. The quantitative estimate of drug-likeness (QED) is 0.780. The van der Waals surface area contributed by atoms with Crippen molar-refractivity contribution in [2.75, 3.05) is 52.4 Å². The van der Waals surface area contributed by atoms with E-state index in [0.717, 1.165) is 38.6 Å². The van der Waals surface area contributed by atoms with Crippen LogP contribution in [-0.4, -0.2) is 84.8 Å². The van der Waals surface area contributed by atoms with Crippen LogP contribution in [0.25, 0.3) is 0 Å². The van der Waals surface area contributed by atoms with Gasteiger partial charge >= 0.3 is 0 Å². The minimum absolute atomic E-state index is 0.0357. The van der Waals surface area contributed by atoms with Crippen LogP contribution in [-0.2, 0) is 14.4 Å². The molecule has 2 saturated heterocycles. The third-order valence-electron chi connectivity index (χ3n) is 4.93. The van der Waals surface area contributed by atoms with Gasteiger partial charge in [-0.15, -0.1) is 0 Å². The highest BCUT2D eigenvalue weighted by Crippen LogP contribution is 2.12. The SMILES string of the molecule is CCNC(=O)CN1CCCN(C(=O)CN2CCCCCCC2=O)CC1. The number of likely N-dealkylation sites (N-methyl/N-ethyl adjacent to an activating group) is 1.